The standard InChI is InChI=1S/C22H34N6O2S/c1-6-26-9-11-27(12-10-26)21(29)17(5)31-22-25-24-20(28(22)23)14-30-19-13-16(4)7-8-18(19)15(2)3/h7-8,13,15,17H,6,9-12,14,23H2,1-5H3. The third kappa shape index (κ3) is 5.71. The Bertz CT molecular complexity index is 892. The molecular weight excluding hydrogens is 412 g/mol. The number of amides is 1. The molecule has 1 aromatic heterocycles. The molecule has 2 N–H and O–H groups in total. The van der Waals surface area contributed by atoms with Gasteiger partial charge in [0.15, 0.2) is 5.82 Å². The molecule has 1 aliphatic heterocycles. The predicted octanol–water partition coefficient (Wildman–Crippen LogP) is 2.65. The van der Waals surface area contributed by atoms with Crippen molar-refractivity contribution in [2.24, 2.45) is 0 Å². The summed E-state index contributed by atoms with van der Waals surface area (Å²) in [5, 5.41) is 8.61. The second-order valence-corrected chi connectivity index (χ2v) is 9.58. The van der Waals surface area contributed by atoms with E-state index in [1.165, 1.54) is 16.4 Å². The van der Waals surface area contributed by atoms with Gasteiger partial charge in [0, 0.05) is 26.2 Å². The Labute approximate surface area is 189 Å². The zero-order valence-corrected chi connectivity index (χ0v) is 20.0. The maximum atomic E-state index is 12.8. The topological polar surface area (TPSA) is 89.5 Å². The van der Waals surface area contributed by atoms with Gasteiger partial charge in [-0.3, -0.25) is 4.79 Å². The molecule has 0 radical (unpaired) electrons. The largest absolute Gasteiger partial charge is 0.485 e. The lowest BCUT2D eigenvalue weighted by molar-refractivity contribution is -0.132. The summed E-state index contributed by atoms with van der Waals surface area (Å²) in [4.78, 5) is 17.1. The number of aryl methyl sites for hydroxylation is 1. The van der Waals surface area contributed by atoms with Gasteiger partial charge in [-0.1, -0.05) is 44.7 Å². The number of hydrogen-bond donors (Lipinski definition) is 1. The normalized spacial score (nSPS) is 16.0. The van der Waals surface area contributed by atoms with E-state index in [2.05, 4.69) is 48.0 Å². The number of nitrogens with two attached hydrogens (primary N) is 1. The highest BCUT2D eigenvalue weighted by Gasteiger charge is 2.26. The molecular formula is C22H34N6O2S. The molecule has 1 aromatic carbocycles. The Morgan fingerprint density at radius 3 is 2.55 bits per heavy atom. The molecule has 0 bridgehead atoms. The lowest BCUT2D eigenvalue weighted by atomic mass is 10.0. The van der Waals surface area contributed by atoms with E-state index in [0.717, 1.165) is 49.6 Å². The number of aromatic nitrogens is 3. The molecule has 0 spiro atoms. The molecule has 3 rings (SSSR count). The van der Waals surface area contributed by atoms with Gasteiger partial charge >= 0.3 is 0 Å². The maximum absolute atomic E-state index is 12.8. The number of nitrogen functional groups attached to an aromatic ring is 1. The second-order valence-electron chi connectivity index (χ2n) is 8.27. The summed E-state index contributed by atoms with van der Waals surface area (Å²) in [6, 6.07) is 6.21. The van der Waals surface area contributed by atoms with Crippen LogP contribution in [0, 0.1) is 6.92 Å². The van der Waals surface area contributed by atoms with Crippen molar-refractivity contribution < 1.29 is 9.53 Å². The van der Waals surface area contributed by atoms with Crippen LogP contribution in [0.15, 0.2) is 23.4 Å². The summed E-state index contributed by atoms with van der Waals surface area (Å²) >= 11 is 1.34. The number of rotatable bonds is 8. The average Bonchev–Trinajstić information content (AvgIpc) is 3.10. The van der Waals surface area contributed by atoms with E-state index in [0.29, 0.717) is 16.9 Å². The van der Waals surface area contributed by atoms with E-state index in [1.807, 2.05) is 24.8 Å². The van der Waals surface area contributed by atoms with E-state index in [4.69, 9.17) is 10.6 Å². The van der Waals surface area contributed by atoms with E-state index >= 15 is 0 Å². The van der Waals surface area contributed by atoms with Gasteiger partial charge in [0.05, 0.1) is 5.25 Å². The number of nitrogens with zero attached hydrogens (tertiary/aromatic N) is 5. The monoisotopic (exact) mass is 446 g/mol. The highest BCUT2D eigenvalue weighted by molar-refractivity contribution is 8.00. The van der Waals surface area contributed by atoms with Gasteiger partial charge in [0.2, 0.25) is 11.1 Å². The SMILES string of the molecule is CCN1CCN(C(=O)C(C)Sc2nnc(COc3cc(C)ccc3C(C)C)n2N)CC1. The fourth-order valence-electron chi connectivity index (χ4n) is 3.62. The Kier molecular flexibility index (Phi) is 7.83. The summed E-state index contributed by atoms with van der Waals surface area (Å²) in [7, 11) is 0. The highest BCUT2D eigenvalue weighted by atomic mass is 32.2. The van der Waals surface area contributed by atoms with Crippen LogP contribution in [-0.4, -0.2) is 68.6 Å². The van der Waals surface area contributed by atoms with Crippen LogP contribution in [-0.2, 0) is 11.4 Å². The lowest BCUT2D eigenvalue weighted by Gasteiger charge is -2.35. The molecule has 1 amide bonds. The van der Waals surface area contributed by atoms with Crippen LogP contribution in [0.25, 0.3) is 0 Å². The number of carbonyl (C=O) groups excluding carboxylic acids is 1. The van der Waals surface area contributed by atoms with Crippen LogP contribution in [0.5, 0.6) is 5.75 Å². The molecule has 2 heterocycles. The molecule has 0 aliphatic carbocycles. The van der Waals surface area contributed by atoms with Gasteiger partial charge in [-0.2, -0.15) is 0 Å². The number of carbonyl (C=O) groups is 1. The average molecular weight is 447 g/mol. The third-order valence-corrected chi connectivity index (χ3v) is 6.69. The van der Waals surface area contributed by atoms with Crippen LogP contribution in [0.2, 0.25) is 0 Å². The van der Waals surface area contributed by atoms with Crippen LogP contribution in [0.1, 0.15) is 50.6 Å². The van der Waals surface area contributed by atoms with Gasteiger partial charge in [-0.05, 0) is 43.5 Å². The fraction of sp³-hybridized carbons (Fsp3) is 0.591. The Hall–Kier alpha value is -2.26. The first kappa shape index (κ1) is 23.4. The lowest BCUT2D eigenvalue weighted by Crippen LogP contribution is -2.50. The molecule has 1 unspecified atom stereocenters. The van der Waals surface area contributed by atoms with E-state index in [1.54, 1.807) is 0 Å². The van der Waals surface area contributed by atoms with Gasteiger partial charge in [0.1, 0.15) is 12.4 Å². The Morgan fingerprint density at radius 1 is 1.19 bits per heavy atom. The van der Waals surface area contributed by atoms with Crippen LogP contribution in [0.3, 0.4) is 0 Å². The minimum atomic E-state index is -0.280. The molecule has 31 heavy (non-hydrogen) atoms. The minimum Gasteiger partial charge on any atom is -0.485 e. The molecule has 1 atom stereocenters. The van der Waals surface area contributed by atoms with Gasteiger partial charge in [-0.25, -0.2) is 4.68 Å². The van der Waals surface area contributed by atoms with Crippen molar-refractivity contribution in [3.8, 4) is 5.75 Å². The van der Waals surface area contributed by atoms with Crippen molar-refractivity contribution in [3.63, 3.8) is 0 Å². The van der Waals surface area contributed by atoms with E-state index < -0.39 is 0 Å². The Morgan fingerprint density at radius 2 is 1.90 bits per heavy atom. The molecule has 1 fully saturated rings. The number of piperazine rings is 1. The smallest absolute Gasteiger partial charge is 0.235 e. The van der Waals surface area contributed by atoms with Gasteiger partial charge in [0.25, 0.3) is 0 Å². The van der Waals surface area contributed by atoms with E-state index in [9.17, 15) is 4.79 Å². The molecule has 8 nitrogen and oxygen atoms in total. The van der Waals surface area contributed by atoms with Crippen molar-refractivity contribution in [2.75, 3.05) is 38.6 Å². The van der Waals surface area contributed by atoms with Gasteiger partial charge in [-0.15, -0.1) is 10.2 Å². The van der Waals surface area contributed by atoms with Gasteiger partial charge < -0.3 is 20.4 Å². The molecule has 9 heteroatoms. The maximum Gasteiger partial charge on any atom is 0.235 e. The highest BCUT2D eigenvalue weighted by Crippen LogP contribution is 2.28. The second kappa shape index (κ2) is 10.4. The number of ether oxygens (including phenoxy) is 1. The van der Waals surface area contributed by atoms with Crippen LogP contribution >= 0.6 is 11.8 Å². The zero-order valence-electron chi connectivity index (χ0n) is 19.2. The van der Waals surface area contributed by atoms with Crippen molar-refractivity contribution in [1.82, 2.24) is 24.7 Å². The number of benzene rings is 1. The molecule has 1 saturated heterocycles. The fourth-order valence-corrected chi connectivity index (χ4v) is 4.50. The van der Waals surface area contributed by atoms with E-state index in [-0.39, 0.29) is 17.8 Å². The van der Waals surface area contributed by atoms with Crippen molar-refractivity contribution in [2.45, 2.75) is 57.5 Å². The molecule has 170 valence electrons. The summed E-state index contributed by atoms with van der Waals surface area (Å²) in [6.45, 7) is 15.0. The molecule has 0 saturated carbocycles. The summed E-state index contributed by atoms with van der Waals surface area (Å²) in [5.41, 5.74) is 2.28. The molecule has 2 aromatic rings. The summed E-state index contributed by atoms with van der Waals surface area (Å²) in [6.07, 6.45) is 0. The number of hydrogen-bond acceptors (Lipinski definition) is 7. The quantitative estimate of drug-likeness (QED) is 0.492. The predicted molar refractivity (Wildman–Crippen MR) is 124 cm³/mol. The first-order chi connectivity index (χ1) is 14.8. The van der Waals surface area contributed by atoms with Crippen LogP contribution in [0.4, 0.5) is 0 Å². The number of thioether (sulfide) groups is 1. The minimum absolute atomic E-state index is 0.114. The van der Waals surface area contributed by atoms with Crippen LogP contribution < -0.4 is 10.6 Å². The summed E-state index contributed by atoms with van der Waals surface area (Å²) < 4.78 is 7.46. The zero-order chi connectivity index (χ0) is 22.5. The van der Waals surface area contributed by atoms with Crippen molar-refractivity contribution >= 4 is 17.7 Å². The number of likely N-dealkylation sites (N-methyl/N-ethyl adjacent to an activating group) is 1. The first-order valence-electron chi connectivity index (χ1n) is 10.9. The Balaban J connectivity index is 1.60. The van der Waals surface area contributed by atoms with Crippen molar-refractivity contribution in [1.29, 1.82) is 0 Å². The third-order valence-electron chi connectivity index (χ3n) is 5.64. The molecule has 1 aliphatic rings. The van der Waals surface area contributed by atoms with Crippen molar-refractivity contribution in [3.05, 3.63) is 35.2 Å². The summed E-state index contributed by atoms with van der Waals surface area (Å²) in [5.74, 6) is 8.04. The first-order valence-corrected chi connectivity index (χ1v) is 11.8.